The van der Waals surface area contributed by atoms with Crippen LogP contribution in [0.5, 0.6) is 5.75 Å². The Kier molecular flexibility index (Phi) is 6.97. The average Bonchev–Trinajstić information content (AvgIpc) is 3.66. The molecule has 0 atom stereocenters. The zero-order valence-electron chi connectivity index (χ0n) is 17.7. The number of benzene rings is 2. The number of hydrogen-bond acceptors (Lipinski definition) is 4. The van der Waals surface area contributed by atoms with Crippen molar-refractivity contribution in [2.45, 2.75) is 25.9 Å². The molecule has 1 aromatic heterocycles. The molecule has 0 aliphatic heterocycles. The third-order valence-electron chi connectivity index (χ3n) is 5.19. The number of carbonyl (C=O) groups excluding carboxylic acids is 2. The molecule has 1 heterocycles. The van der Waals surface area contributed by atoms with Crippen LogP contribution in [0, 0.1) is 5.92 Å². The Hall–Kier alpha value is -3.87. The molecule has 0 saturated heterocycles. The van der Waals surface area contributed by atoms with E-state index in [4.69, 9.17) is 4.74 Å². The smallest absolute Gasteiger partial charge is 0.315 e. The quantitative estimate of drug-likeness (QED) is 0.476. The van der Waals surface area contributed by atoms with Gasteiger partial charge in [0.25, 0.3) is 5.91 Å². The largest absolute Gasteiger partial charge is 0.493 e. The van der Waals surface area contributed by atoms with E-state index >= 15 is 0 Å². The lowest BCUT2D eigenvalue weighted by atomic mass is 10.2. The topological polar surface area (TPSA) is 92.4 Å². The summed E-state index contributed by atoms with van der Waals surface area (Å²) in [4.78, 5) is 28.3. The van der Waals surface area contributed by atoms with Crippen LogP contribution in [0.1, 0.15) is 34.3 Å². The summed E-state index contributed by atoms with van der Waals surface area (Å²) in [5, 5.41) is 8.56. The van der Waals surface area contributed by atoms with E-state index in [-0.39, 0.29) is 11.9 Å². The van der Waals surface area contributed by atoms with Gasteiger partial charge in [-0.25, -0.2) is 4.79 Å². The molecule has 3 amide bonds. The monoisotopic (exact) mass is 430 g/mol. The van der Waals surface area contributed by atoms with E-state index in [1.165, 1.54) is 12.8 Å². The maximum atomic E-state index is 12.2. The SMILES string of the molecule is O=C(NCc1ccc(NC(=O)c2ccncc2)cc1)NCc1ccccc1OCC1CC1. The molecule has 0 unspecified atom stereocenters. The number of ether oxygens (including phenoxy) is 1. The number of aromatic nitrogens is 1. The number of para-hydroxylation sites is 1. The predicted octanol–water partition coefficient (Wildman–Crippen LogP) is 4.12. The van der Waals surface area contributed by atoms with E-state index in [1.54, 1.807) is 24.5 Å². The minimum Gasteiger partial charge on any atom is -0.493 e. The number of urea groups is 1. The highest BCUT2D eigenvalue weighted by Gasteiger charge is 2.22. The lowest BCUT2D eigenvalue weighted by molar-refractivity contribution is 0.102. The van der Waals surface area contributed by atoms with Crippen LogP contribution in [0.3, 0.4) is 0 Å². The average molecular weight is 431 g/mol. The summed E-state index contributed by atoms with van der Waals surface area (Å²) < 4.78 is 5.88. The van der Waals surface area contributed by atoms with Gasteiger partial charge < -0.3 is 20.7 Å². The van der Waals surface area contributed by atoms with Crippen LogP contribution in [0.4, 0.5) is 10.5 Å². The van der Waals surface area contributed by atoms with Gasteiger partial charge >= 0.3 is 6.03 Å². The van der Waals surface area contributed by atoms with Gasteiger partial charge in [0.15, 0.2) is 0 Å². The van der Waals surface area contributed by atoms with Gasteiger partial charge in [0.05, 0.1) is 6.61 Å². The molecule has 7 nitrogen and oxygen atoms in total. The van der Waals surface area contributed by atoms with Crippen molar-refractivity contribution in [1.29, 1.82) is 0 Å². The fraction of sp³-hybridized carbons (Fsp3) is 0.240. The van der Waals surface area contributed by atoms with E-state index in [0.29, 0.717) is 30.3 Å². The summed E-state index contributed by atoms with van der Waals surface area (Å²) in [6, 6.07) is 18.2. The Morgan fingerprint density at radius 2 is 1.62 bits per heavy atom. The third kappa shape index (κ3) is 6.31. The van der Waals surface area contributed by atoms with E-state index in [0.717, 1.165) is 23.5 Å². The van der Waals surface area contributed by atoms with E-state index in [9.17, 15) is 9.59 Å². The van der Waals surface area contributed by atoms with E-state index in [1.807, 2.05) is 48.5 Å². The van der Waals surface area contributed by atoms with E-state index in [2.05, 4.69) is 20.9 Å². The van der Waals surface area contributed by atoms with E-state index < -0.39 is 0 Å². The number of pyridine rings is 1. The Morgan fingerprint density at radius 1 is 0.906 bits per heavy atom. The van der Waals surface area contributed by atoms with Crippen molar-refractivity contribution in [2.24, 2.45) is 5.92 Å². The fourth-order valence-corrected chi connectivity index (χ4v) is 3.12. The Balaban J connectivity index is 1.22. The summed E-state index contributed by atoms with van der Waals surface area (Å²) in [6.07, 6.45) is 5.63. The molecule has 1 saturated carbocycles. The normalized spacial score (nSPS) is 12.6. The third-order valence-corrected chi connectivity index (χ3v) is 5.19. The molecule has 164 valence electrons. The highest BCUT2D eigenvalue weighted by Crippen LogP contribution is 2.30. The number of carbonyl (C=O) groups is 2. The standard InChI is InChI=1S/C25H26N4O3/c30-24(20-11-13-26-14-12-20)29-22-9-7-18(8-10-22)15-27-25(31)28-16-21-3-1-2-4-23(21)32-17-19-5-6-19/h1-4,7-14,19H,5-6,15-17H2,(H,29,30)(H2,27,28,31). The number of amides is 3. The van der Waals surface area contributed by atoms with Crippen LogP contribution in [0.15, 0.2) is 73.1 Å². The maximum absolute atomic E-state index is 12.2. The van der Waals surface area contributed by atoms with Gasteiger partial charge in [-0.15, -0.1) is 0 Å². The summed E-state index contributed by atoms with van der Waals surface area (Å²) in [5.41, 5.74) is 3.11. The highest BCUT2D eigenvalue weighted by atomic mass is 16.5. The van der Waals surface area contributed by atoms with Gasteiger partial charge in [-0.2, -0.15) is 0 Å². The van der Waals surface area contributed by atoms with Crippen molar-refractivity contribution in [2.75, 3.05) is 11.9 Å². The summed E-state index contributed by atoms with van der Waals surface area (Å²) in [5.74, 6) is 1.30. The van der Waals surface area contributed by atoms with Crippen molar-refractivity contribution < 1.29 is 14.3 Å². The highest BCUT2D eigenvalue weighted by molar-refractivity contribution is 6.04. The summed E-state index contributed by atoms with van der Waals surface area (Å²) in [7, 11) is 0. The van der Waals surface area contributed by atoms with Gasteiger partial charge in [-0.05, 0) is 54.7 Å². The summed E-state index contributed by atoms with van der Waals surface area (Å²) in [6.45, 7) is 1.51. The molecule has 1 aliphatic carbocycles. The predicted molar refractivity (Wildman–Crippen MR) is 122 cm³/mol. The molecule has 32 heavy (non-hydrogen) atoms. The van der Waals surface area contributed by atoms with Crippen LogP contribution >= 0.6 is 0 Å². The van der Waals surface area contributed by atoms with Crippen molar-refractivity contribution in [3.8, 4) is 5.75 Å². The first-order chi connectivity index (χ1) is 15.7. The van der Waals surface area contributed by atoms with Crippen molar-refractivity contribution in [3.63, 3.8) is 0 Å². The van der Waals surface area contributed by atoms with Crippen molar-refractivity contribution >= 4 is 17.6 Å². The summed E-state index contributed by atoms with van der Waals surface area (Å²) >= 11 is 0. The lowest BCUT2D eigenvalue weighted by Gasteiger charge is -2.13. The second kappa shape index (κ2) is 10.4. The minimum absolute atomic E-state index is 0.195. The van der Waals surface area contributed by atoms with Crippen LogP contribution in [-0.2, 0) is 13.1 Å². The maximum Gasteiger partial charge on any atom is 0.315 e. The zero-order valence-corrected chi connectivity index (χ0v) is 17.7. The fourth-order valence-electron chi connectivity index (χ4n) is 3.12. The molecule has 7 heteroatoms. The lowest BCUT2D eigenvalue weighted by Crippen LogP contribution is -2.34. The van der Waals surface area contributed by atoms with Crippen molar-refractivity contribution in [3.05, 3.63) is 89.7 Å². The second-order valence-electron chi connectivity index (χ2n) is 7.79. The first-order valence-corrected chi connectivity index (χ1v) is 10.7. The molecule has 0 spiro atoms. The Bertz CT molecular complexity index is 1050. The minimum atomic E-state index is -0.253. The number of nitrogens with one attached hydrogen (secondary N) is 3. The molecule has 1 fully saturated rings. The number of nitrogens with zero attached hydrogens (tertiary/aromatic N) is 1. The molecule has 1 aliphatic rings. The number of anilines is 1. The molecule has 0 radical (unpaired) electrons. The van der Waals surface area contributed by atoms with Gasteiger partial charge in [-0.1, -0.05) is 30.3 Å². The number of rotatable bonds is 9. The van der Waals surface area contributed by atoms with Crippen LogP contribution in [-0.4, -0.2) is 23.5 Å². The molecule has 3 aromatic rings. The van der Waals surface area contributed by atoms with Crippen molar-refractivity contribution in [1.82, 2.24) is 15.6 Å². The molecule has 0 bridgehead atoms. The molecule has 3 N–H and O–H groups in total. The van der Waals surface area contributed by atoms with Crippen LogP contribution in [0.2, 0.25) is 0 Å². The first kappa shape index (κ1) is 21.4. The Morgan fingerprint density at radius 3 is 2.38 bits per heavy atom. The Labute approximate surface area is 187 Å². The number of hydrogen-bond donors (Lipinski definition) is 3. The van der Waals surface area contributed by atoms with Gasteiger partial charge in [0, 0.05) is 42.3 Å². The molecular weight excluding hydrogens is 404 g/mol. The van der Waals surface area contributed by atoms with Crippen LogP contribution < -0.4 is 20.7 Å². The van der Waals surface area contributed by atoms with Crippen LogP contribution in [0.25, 0.3) is 0 Å². The first-order valence-electron chi connectivity index (χ1n) is 10.7. The molecule has 2 aromatic carbocycles. The second-order valence-corrected chi connectivity index (χ2v) is 7.79. The van der Waals surface area contributed by atoms with Gasteiger partial charge in [0.1, 0.15) is 5.75 Å². The molecule has 4 rings (SSSR count). The van der Waals surface area contributed by atoms with Gasteiger partial charge in [0.2, 0.25) is 0 Å². The van der Waals surface area contributed by atoms with Gasteiger partial charge in [-0.3, -0.25) is 9.78 Å². The molecular formula is C25H26N4O3. The zero-order chi connectivity index (χ0) is 22.2.